The Labute approximate surface area is 195 Å². The van der Waals surface area contributed by atoms with Crippen molar-refractivity contribution in [3.05, 3.63) is 101 Å². The first-order valence-electron chi connectivity index (χ1n) is 10.1. The summed E-state index contributed by atoms with van der Waals surface area (Å²) in [7, 11) is 0. The molecule has 0 aliphatic carbocycles. The van der Waals surface area contributed by atoms with Crippen molar-refractivity contribution in [2.45, 2.75) is 13.0 Å². The Kier molecular flexibility index (Phi) is 6.77. The van der Waals surface area contributed by atoms with E-state index in [0.717, 1.165) is 32.7 Å². The van der Waals surface area contributed by atoms with Crippen molar-refractivity contribution in [3.8, 4) is 11.1 Å². The van der Waals surface area contributed by atoms with Crippen molar-refractivity contribution in [3.63, 3.8) is 0 Å². The zero-order valence-electron chi connectivity index (χ0n) is 17.4. The number of carbonyl (C=O) groups excluding carboxylic acids is 1. The molecule has 7 heteroatoms. The van der Waals surface area contributed by atoms with E-state index >= 15 is 0 Å². The van der Waals surface area contributed by atoms with Crippen molar-refractivity contribution >= 4 is 39.3 Å². The van der Waals surface area contributed by atoms with Gasteiger partial charge in [0, 0.05) is 22.6 Å². The standard InChI is InChI=1S/C25H22BrN5O/c1-17(18-7-9-21(26)10-8-18)29-25(32)31-24-16-20(12-14-28-24)19-11-13-27-23(15-19)30-22-5-3-2-4-6-22/h2-17H,1H3,(H,27,30)(H2,28,29,31,32). The fraction of sp³-hybridized carbons (Fsp3) is 0.0800. The Morgan fingerprint density at radius 3 is 2.16 bits per heavy atom. The van der Waals surface area contributed by atoms with E-state index in [2.05, 4.69) is 41.8 Å². The Hall–Kier alpha value is -3.71. The number of pyridine rings is 2. The number of anilines is 3. The molecule has 0 saturated carbocycles. The number of urea groups is 1. The first-order chi connectivity index (χ1) is 15.6. The summed E-state index contributed by atoms with van der Waals surface area (Å²) >= 11 is 3.42. The molecule has 4 aromatic rings. The number of rotatable bonds is 6. The van der Waals surface area contributed by atoms with Gasteiger partial charge in [-0.3, -0.25) is 5.32 Å². The van der Waals surface area contributed by atoms with Crippen molar-refractivity contribution in [2.24, 2.45) is 0 Å². The Morgan fingerprint density at radius 1 is 0.844 bits per heavy atom. The molecule has 0 fully saturated rings. The highest BCUT2D eigenvalue weighted by atomic mass is 79.9. The number of halogens is 1. The molecule has 4 rings (SSSR count). The molecule has 2 aromatic carbocycles. The minimum Gasteiger partial charge on any atom is -0.340 e. The fourth-order valence-corrected chi connectivity index (χ4v) is 3.47. The summed E-state index contributed by atoms with van der Waals surface area (Å²) in [5.74, 6) is 1.21. The number of amides is 2. The molecule has 1 unspecified atom stereocenters. The maximum Gasteiger partial charge on any atom is 0.320 e. The highest BCUT2D eigenvalue weighted by Crippen LogP contribution is 2.24. The zero-order chi connectivity index (χ0) is 22.3. The van der Waals surface area contributed by atoms with Gasteiger partial charge in [0.15, 0.2) is 0 Å². The van der Waals surface area contributed by atoms with E-state index in [9.17, 15) is 4.79 Å². The second kappa shape index (κ2) is 10.1. The maximum atomic E-state index is 12.5. The molecular formula is C25H22BrN5O. The molecule has 160 valence electrons. The molecule has 3 N–H and O–H groups in total. The van der Waals surface area contributed by atoms with Gasteiger partial charge in [0.25, 0.3) is 0 Å². The van der Waals surface area contributed by atoms with Gasteiger partial charge < -0.3 is 10.6 Å². The monoisotopic (exact) mass is 487 g/mol. The van der Waals surface area contributed by atoms with Gasteiger partial charge in [-0.05, 0) is 72.1 Å². The second-order valence-corrected chi connectivity index (χ2v) is 8.14. The van der Waals surface area contributed by atoms with Crippen molar-refractivity contribution in [1.29, 1.82) is 0 Å². The van der Waals surface area contributed by atoms with Gasteiger partial charge in [0.05, 0.1) is 6.04 Å². The summed E-state index contributed by atoms with van der Waals surface area (Å²) in [5.41, 5.74) is 3.87. The van der Waals surface area contributed by atoms with Crippen LogP contribution in [0.3, 0.4) is 0 Å². The van der Waals surface area contributed by atoms with E-state index in [-0.39, 0.29) is 12.1 Å². The van der Waals surface area contributed by atoms with E-state index in [1.807, 2.05) is 85.8 Å². The highest BCUT2D eigenvalue weighted by Gasteiger charge is 2.11. The van der Waals surface area contributed by atoms with Crippen LogP contribution in [0.25, 0.3) is 11.1 Å². The van der Waals surface area contributed by atoms with Gasteiger partial charge in [-0.25, -0.2) is 14.8 Å². The third-order valence-corrected chi connectivity index (χ3v) is 5.39. The predicted molar refractivity (Wildman–Crippen MR) is 132 cm³/mol. The van der Waals surface area contributed by atoms with Crippen LogP contribution in [0.2, 0.25) is 0 Å². The number of benzene rings is 2. The first kappa shape index (κ1) is 21.5. The first-order valence-corrected chi connectivity index (χ1v) is 10.9. The van der Waals surface area contributed by atoms with Crippen LogP contribution in [-0.4, -0.2) is 16.0 Å². The SMILES string of the molecule is CC(NC(=O)Nc1cc(-c2ccnc(Nc3ccccc3)c2)ccn1)c1ccc(Br)cc1. The quantitative estimate of drug-likeness (QED) is 0.288. The van der Waals surface area contributed by atoms with Gasteiger partial charge >= 0.3 is 6.03 Å². The van der Waals surface area contributed by atoms with Crippen LogP contribution in [0, 0.1) is 0 Å². The fourth-order valence-electron chi connectivity index (χ4n) is 3.21. The number of aromatic nitrogens is 2. The molecule has 6 nitrogen and oxygen atoms in total. The molecule has 2 aromatic heterocycles. The number of nitrogens with zero attached hydrogens (tertiary/aromatic N) is 2. The third kappa shape index (κ3) is 5.70. The molecule has 0 saturated heterocycles. The van der Waals surface area contributed by atoms with Crippen LogP contribution < -0.4 is 16.0 Å². The molecule has 0 spiro atoms. The van der Waals surface area contributed by atoms with Crippen LogP contribution >= 0.6 is 15.9 Å². The van der Waals surface area contributed by atoms with Crippen LogP contribution in [-0.2, 0) is 0 Å². The topological polar surface area (TPSA) is 78.9 Å². The smallest absolute Gasteiger partial charge is 0.320 e. The molecule has 0 aliphatic rings. The molecule has 0 radical (unpaired) electrons. The lowest BCUT2D eigenvalue weighted by molar-refractivity contribution is 0.249. The summed E-state index contributed by atoms with van der Waals surface area (Å²) in [6, 6.07) is 24.9. The number of para-hydroxylation sites is 1. The highest BCUT2D eigenvalue weighted by molar-refractivity contribution is 9.10. The summed E-state index contributed by atoms with van der Waals surface area (Å²) in [4.78, 5) is 21.1. The van der Waals surface area contributed by atoms with Crippen molar-refractivity contribution < 1.29 is 4.79 Å². The van der Waals surface area contributed by atoms with Crippen LogP contribution in [0.1, 0.15) is 18.5 Å². The van der Waals surface area contributed by atoms with E-state index in [4.69, 9.17) is 0 Å². The molecule has 32 heavy (non-hydrogen) atoms. The summed E-state index contributed by atoms with van der Waals surface area (Å²) in [6.07, 6.45) is 3.43. The van der Waals surface area contributed by atoms with Crippen LogP contribution in [0.5, 0.6) is 0 Å². The molecule has 2 amide bonds. The number of nitrogens with one attached hydrogen (secondary N) is 3. The average molecular weight is 488 g/mol. The van der Waals surface area contributed by atoms with Crippen LogP contribution in [0.4, 0.5) is 22.1 Å². The Bertz CT molecular complexity index is 1200. The zero-order valence-corrected chi connectivity index (χ0v) is 19.0. The Balaban J connectivity index is 1.43. The van der Waals surface area contributed by atoms with Gasteiger partial charge in [-0.2, -0.15) is 0 Å². The van der Waals surface area contributed by atoms with E-state index in [0.29, 0.717) is 5.82 Å². The van der Waals surface area contributed by atoms with E-state index in [1.54, 1.807) is 12.4 Å². The van der Waals surface area contributed by atoms with E-state index < -0.39 is 0 Å². The average Bonchev–Trinajstić information content (AvgIpc) is 2.80. The molecule has 1 atom stereocenters. The lowest BCUT2D eigenvalue weighted by atomic mass is 10.1. The molecule has 0 bridgehead atoms. The van der Waals surface area contributed by atoms with Crippen molar-refractivity contribution in [2.75, 3.05) is 10.6 Å². The largest absolute Gasteiger partial charge is 0.340 e. The van der Waals surface area contributed by atoms with Gasteiger partial charge in [0.1, 0.15) is 11.6 Å². The lowest BCUT2D eigenvalue weighted by Gasteiger charge is -2.15. The van der Waals surface area contributed by atoms with Gasteiger partial charge in [-0.15, -0.1) is 0 Å². The van der Waals surface area contributed by atoms with Crippen molar-refractivity contribution in [1.82, 2.24) is 15.3 Å². The lowest BCUT2D eigenvalue weighted by Crippen LogP contribution is -2.31. The normalized spacial score (nSPS) is 11.4. The maximum absolute atomic E-state index is 12.5. The van der Waals surface area contributed by atoms with Gasteiger partial charge in [0.2, 0.25) is 0 Å². The van der Waals surface area contributed by atoms with E-state index in [1.165, 1.54) is 0 Å². The summed E-state index contributed by atoms with van der Waals surface area (Å²) < 4.78 is 0.997. The predicted octanol–water partition coefficient (Wildman–Crippen LogP) is 6.53. The number of carbonyl (C=O) groups is 1. The number of hydrogen-bond donors (Lipinski definition) is 3. The summed E-state index contributed by atoms with van der Waals surface area (Å²) in [5, 5.41) is 9.04. The minimum atomic E-state index is -0.314. The molecular weight excluding hydrogens is 466 g/mol. The Morgan fingerprint density at radius 2 is 1.47 bits per heavy atom. The minimum absolute atomic E-state index is 0.141. The van der Waals surface area contributed by atoms with Crippen LogP contribution in [0.15, 0.2) is 95.7 Å². The van der Waals surface area contributed by atoms with Gasteiger partial charge in [-0.1, -0.05) is 46.3 Å². The number of hydrogen-bond acceptors (Lipinski definition) is 4. The second-order valence-electron chi connectivity index (χ2n) is 7.22. The third-order valence-electron chi connectivity index (χ3n) is 4.86. The molecule has 0 aliphatic heterocycles. The molecule has 2 heterocycles. The summed E-state index contributed by atoms with van der Waals surface area (Å²) in [6.45, 7) is 1.94.